The Kier molecular flexibility index (Phi) is 2.87. The number of hydrogen-bond donors (Lipinski definition) is 1. The van der Waals surface area contributed by atoms with Crippen LogP contribution in [0.4, 0.5) is 0 Å². The molecule has 2 N–H and O–H groups in total. The molecular formula is C11H15ClN+. The third-order valence-corrected chi connectivity index (χ3v) is 2.90. The van der Waals surface area contributed by atoms with E-state index in [0.717, 1.165) is 11.1 Å². The van der Waals surface area contributed by atoms with Crippen molar-refractivity contribution in [2.24, 2.45) is 0 Å². The Morgan fingerprint density at radius 1 is 1.46 bits per heavy atom. The molecule has 0 unspecified atom stereocenters. The summed E-state index contributed by atoms with van der Waals surface area (Å²) in [6.45, 7) is 1.30. The van der Waals surface area contributed by atoms with Gasteiger partial charge in [0.1, 0.15) is 0 Å². The molecule has 1 aliphatic rings. The normalized spacial score (nSPS) is 22.1. The lowest BCUT2D eigenvalue weighted by Gasteiger charge is -2.06. The topological polar surface area (TPSA) is 16.6 Å². The second kappa shape index (κ2) is 4.12. The van der Waals surface area contributed by atoms with Gasteiger partial charge in [-0.1, -0.05) is 23.7 Å². The second-order valence-corrected chi connectivity index (χ2v) is 4.20. The van der Waals surface area contributed by atoms with Gasteiger partial charge in [-0.2, -0.15) is 0 Å². The Morgan fingerprint density at radius 3 is 3.08 bits per heavy atom. The predicted molar refractivity (Wildman–Crippen MR) is 55.0 cm³/mol. The van der Waals surface area contributed by atoms with Crippen molar-refractivity contribution < 1.29 is 5.32 Å². The van der Waals surface area contributed by atoms with Crippen LogP contribution in [0.3, 0.4) is 0 Å². The Labute approximate surface area is 84.1 Å². The summed E-state index contributed by atoms with van der Waals surface area (Å²) in [5.74, 6) is 0. The first-order valence-electron chi connectivity index (χ1n) is 4.92. The summed E-state index contributed by atoms with van der Waals surface area (Å²) in [7, 11) is 0. The van der Waals surface area contributed by atoms with Gasteiger partial charge in [0.15, 0.2) is 0 Å². The van der Waals surface area contributed by atoms with Crippen molar-refractivity contribution >= 4 is 11.6 Å². The maximum absolute atomic E-state index is 5.92. The highest BCUT2D eigenvalue weighted by molar-refractivity contribution is 6.30. The molecule has 1 heterocycles. The average Bonchev–Trinajstić information content (AvgIpc) is 2.57. The number of halogens is 1. The number of hydrogen-bond acceptors (Lipinski definition) is 0. The summed E-state index contributed by atoms with van der Waals surface area (Å²) in [5, 5.41) is 3.30. The van der Waals surface area contributed by atoms with E-state index in [9.17, 15) is 0 Å². The van der Waals surface area contributed by atoms with Gasteiger partial charge >= 0.3 is 0 Å². The van der Waals surface area contributed by atoms with E-state index < -0.39 is 0 Å². The Morgan fingerprint density at radius 2 is 2.38 bits per heavy atom. The first kappa shape index (κ1) is 9.04. The van der Waals surface area contributed by atoms with Gasteiger partial charge in [0.2, 0.25) is 0 Å². The zero-order valence-electron chi connectivity index (χ0n) is 7.67. The van der Waals surface area contributed by atoms with Crippen LogP contribution in [0.25, 0.3) is 0 Å². The quantitative estimate of drug-likeness (QED) is 0.741. The minimum absolute atomic E-state index is 0.790. The van der Waals surface area contributed by atoms with E-state index in [0.29, 0.717) is 0 Å². The zero-order valence-corrected chi connectivity index (χ0v) is 8.43. The molecule has 1 fully saturated rings. The van der Waals surface area contributed by atoms with Gasteiger partial charge in [0, 0.05) is 24.3 Å². The number of quaternary nitrogens is 1. The molecule has 2 rings (SSSR count). The first-order valence-corrected chi connectivity index (χ1v) is 5.30. The Balaban J connectivity index is 2.00. The van der Waals surface area contributed by atoms with Gasteiger partial charge in [0.05, 0.1) is 12.6 Å². The van der Waals surface area contributed by atoms with E-state index in [1.54, 1.807) is 0 Å². The summed E-state index contributed by atoms with van der Waals surface area (Å²) in [6, 6.07) is 9.00. The lowest BCUT2D eigenvalue weighted by Crippen LogP contribution is -2.87. The molecule has 0 bridgehead atoms. The van der Waals surface area contributed by atoms with Crippen LogP contribution in [0.5, 0.6) is 0 Å². The molecule has 1 saturated heterocycles. The third-order valence-electron chi connectivity index (χ3n) is 2.67. The summed E-state index contributed by atoms with van der Waals surface area (Å²) in [6.07, 6.45) is 3.89. The highest BCUT2D eigenvalue weighted by Gasteiger charge is 2.18. The van der Waals surface area contributed by atoms with Crippen molar-refractivity contribution in [2.75, 3.05) is 6.54 Å². The lowest BCUT2D eigenvalue weighted by molar-refractivity contribution is -0.669. The first-order chi connectivity index (χ1) is 6.34. The van der Waals surface area contributed by atoms with Crippen molar-refractivity contribution in [2.45, 2.75) is 25.3 Å². The lowest BCUT2D eigenvalue weighted by atomic mass is 10.1. The van der Waals surface area contributed by atoms with Crippen LogP contribution in [-0.2, 0) is 6.42 Å². The summed E-state index contributed by atoms with van der Waals surface area (Å²) >= 11 is 5.92. The molecule has 1 aliphatic heterocycles. The van der Waals surface area contributed by atoms with Crippen LogP contribution in [0.2, 0.25) is 5.02 Å². The fraction of sp³-hybridized carbons (Fsp3) is 0.455. The van der Waals surface area contributed by atoms with E-state index in [4.69, 9.17) is 11.6 Å². The highest BCUT2D eigenvalue weighted by atomic mass is 35.5. The molecule has 0 spiro atoms. The van der Waals surface area contributed by atoms with Crippen LogP contribution in [-0.4, -0.2) is 12.6 Å². The fourth-order valence-electron chi connectivity index (χ4n) is 2.00. The smallest absolute Gasteiger partial charge is 0.0902 e. The van der Waals surface area contributed by atoms with Gasteiger partial charge in [-0.25, -0.2) is 0 Å². The molecule has 0 amide bonds. The summed E-state index contributed by atoms with van der Waals surface area (Å²) in [5.41, 5.74) is 1.37. The summed E-state index contributed by atoms with van der Waals surface area (Å²) in [4.78, 5) is 0. The molecule has 0 aromatic heterocycles. The van der Waals surface area contributed by atoms with Gasteiger partial charge in [-0.05, 0) is 17.7 Å². The maximum atomic E-state index is 5.92. The predicted octanol–water partition coefficient (Wildman–Crippen LogP) is 1.61. The van der Waals surface area contributed by atoms with Crippen LogP contribution < -0.4 is 5.32 Å². The van der Waals surface area contributed by atoms with E-state index in [1.807, 2.05) is 12.1 Å². The number of rotatable bonds is 2. The highest BCUT2D eigenvalue weighted by Crippen LogP contribution is 2.13. The molecule has 2 heteroatoms. The van der Waals surface area contributed by atoms with Gasteiger partial charge in [-0.3, -0.25) is 0 Å². The van der Waals surface area contributed by atoms with Crippen molar-refractivity contribution in [3.05, 3.63) is 34.9 Å². The standard InChI is InChI=1S/C11H14ClN/c12-10-4-1-3-9(7-10)8-11-5-2-6-13-11/h1,3-4,7,11,13H,2,5-6,8H2/p+1/t11-/m0/s1. The van der Waals surface area contributed by atoms with Crippen LogP contribution in [0, 0.1) is 0 Å². The molecule has 0 aliphatic carbocycles. The molecule has 13 heavy (non-hydrogen) atoms. The van der Waals surface area contributed by atoms with E-state index >= 15 is 0 Å². The third kappa shape index (κ3) is 2.45. The van der Waals surface area contributed by atoms with Crippen LogP contribution in [0.15, 0.2) is 24.3 Å². The molecule has 70 valence electrons. The number of nitrogens with two attached hydrogens (primary N) is 1. The van der Waals surface area contributed by atoms with Gasteiger partial charge in [-0.15, -0.1) is 0 Å². The van der Waals surface area contributed by atoms with Crippen molar-refractivity contribution in [1.29, 1.82) is 0 Å². The van der Waals surface area contributed by atoms with Crippen molar-refractivity contribution in [1.82, 2.24) is 0 Å². The second-order valence-electron chi connectivity index (χ2n) is 3.76. The van der Waals surface area contributed by atoms with Crippen LogP contribution in [0.1, 0.15) is 18.4 Å². The molecule has 1 aromatic rings. The molecule has 1 aromatic carbocycles. The molecule has 0 radical (unpaired) electrons. The molecular weight excluding hydrogens is 182 g/mol. The van der Waals surface area contributed by atoms with Crippen molar-refractivity contribution in [3.8, 4) is 0 Å². The summed E-state index contributed by atoms with van der Waals surface area (Å²) < 4.78 is 0. The minimum atomic E-state index is 0.790. The van der Waals surface area contributed by atoms with Crippen LogP contribution >= 0.6 is 11.6 Å². The largest absolute Gasteiger partial charge is 0.344 e. The average molecular weight is 197 g/mol. The monoisotopic (exact) mass is 196 g/mol. The zero-order chi connectivity index (χ0) is 9.10. The molecule has 1 atom stereocenters. The van der Waals surface area contributed by atoms with Gasteiger partial charge in [0.25, 0.3) is 0 Å². The Hall–Kier alpha value is -0.530. The van der Waals surface area contributed by atoms with Gasteiger partial charge < -0.3 is 5.32 Å². The SMILES string of the molecule is Clc1cccc(C[C@@H]2CCC[NH2+]2)c1. The molecule has 0 saturated carbocycles. The fourth-order valence-corrected chi connectivity index (χ4v) is 2.22. The maximum Gasteiger partial charge on any atom is 0.0902 e. The minimum Gasteiger partial charge on any atom is -0.344 e. The van der Waals surface area contributed by atoms with E-state index in [1.165, 1.54) is 31.4 Å². The van der Waals surface area contributed by atoms with Crippen molar-refractivity contribution in [3.63, 3.8) is 0 Å². The van der Waals surface area contributed by atoms with E-state index in [-0.39, 0.29) is 0 Å². The molecule has 1 nitrogen and oxygen atoms in total. The Bertz CT molecular complexity index is 279. The number of benzene rings is 1. The van der Waals surface area contributed by atoms with E-state index in [2.05, 4.69) is 17.4 Å².